The highest BCUT2D eigenvalue weighted by atomic mass is 32.1. The van der Waals surface area contributed by atoms with Crippen molar-refractivity contribution in [1.82, 2.24) is 14.8 Å². The number of piperazine rings is 1. The summed E-state index contributed by atoms with van der Waals surface area (Å²) in [5.74, 6) is 0.0368. The second-order valence-electron chi connectivity index (χ2n) is 5.15. The fourth-order valence-corrected chi connectivity index (χ4v) is 3.08. The predicted octanol–water partition coefficient (Wildman–Crippen LogP) is 1.33. The van der Waals surface area contributed by atoms with Crippen molar-refractivity contribution < 1.29 is 4.79 Å². The summed E-state index contributed by atoms with van der Waals surface area (Å²) < 4.78 is 0. The quantitative estimate of drug-likeness (QED) is 0.908. The van der Waals surface area contributed by atoms with Crippen molar-refractivity contribution >= 4 is 17.2 Å². The van der Waals surface area contributed by atoms with E-state index in [4.69, 9.17) is 5.73 Å². The van der Waals surface area contributed by atoms with Gasteiger partial charge in [0.05, 0.1) is 6.04 Å². The minimum atomic E-state index is -0.109. The van der Waals surface area contributed by atoms with Crippen LogP contribution in [-0.4, -0.2) is 53.4 Å². The molecule has 106 valence electrons. The molecule has 0 radical (unpaired) electrons. The zero-order valence-corrected chi connectivity index (χ0v) is 12.6. The van der Waals surface area contributed by atoms with Gasteiger partial charge in [-0.1, -0.05) is 6.92 Å². The molecule has 0 aliphatic carbocycles. The lowest BCUT2D eigenvalue weighted by Gasteiger charge is -2.38. The Hall–Kier alpha value is -0.980. The third-order valence-corrected chi connectivity index (χ3v) is 4.71. The van der Waals surface area contributed by atoms with E-state index in [0.29, 0.717) is 11.7 Å². The second-order valence-corrected chi connectivity index (χ2v) is 6.04. The molecule has 2 atom stereocenters. The van der Waals surface area contributed by atoms with Gasteiger partial charge in [-0.3, -0.25) is 9.69 Å². The summed E-state index contributed by atoms with van der Waals surface area (Å²) in [7, 11) is 2.12. The third kappa shape index (κ3) is 3.13. The highest BCUT2D eigenvalue weighted by Gasteiger charge is 2.27. The standard InChI is InChI=1S/C13H22N4OS/c1-4-10-7-17(6-5-16(10)3)13(18)11-8-19-12(15-11)9(2)14/h8-10H,4-7,14H2,1-3H3. The molecular formula is C13H22N4OS. The highest BCUT2D eigenvalue weighted by molar-refractivity contribution is 7.09. The van der Waals surface area contributed by atoms with Crippen molar-refractivity contribution in [2.45, 2.75) is 32.4 Å². The van der Waals surface area contributed by atoms with Crippen molar-refractivity contribution in [3.63, 3.8) is 0 Å². The summed E-state index contributed by atoms with van der Waals surface area (Å²) >= 11 is 1.46. The Morgan fingerprint density at radius 3 is 2.95 bits per heavy atom. The number of rotatable bonds is 3. The van der Waals surface area contributed by atoms with Gasteiger partial charge in [0.2, 0.25) is 0 Å². The van der Waals surface area contributed by atoms with Crippen LogP contribution in [-0.2, 0) is 0 Å². The molecule has 2 unspecified atom stereocenters. The molecule has 19 heavy (non-hydrogen) atoms. The predicted molar refractivity (Wildman–Crippen MR) is 77.3 cm³/mol. The molecule has 2 N–H and O–H groups in total. The van der Waals surface area contributed by atoms with Gasteiger partial charge in [0.25, 0.3) is 5.91 Å². The molecule has 1 saturated heterocycles. The minimum Gasteiger partial charge on any atom is -0.334 e. The topological polar surface area (TPSA) is 62.5 Å². The molecular weight excluding hydrogens is 260 g/mol. The van der Waals surface area contributed by atoms with E-state index < -0.39 is 0 Å². The highest BCUT2D eigenvalue weighted by Crippen LogP contribution is 2.19. The first kappa shape index (κ1) is 14.4. The van der Waals surface area contributed by atoms with E-state index in [1.165, 1.54) is 11.3 Å². The molecule has 1 aromatic rings. The van der Waals surface area contributed by atoms with Crippen LogP contribution in [0.1, 0.15) is 41.8 Å². The van der Waals surface area contributed by atoms with E-state index in [1.54, 1.807) is 0 Å². The summed E-state index contributed by atoms with van der Waals surface area (Å²) in [4.78, 5) is 21.0. The van der Waals surface area contributed by atoms with Crippen molar-refractivity contribution in [2.75, 3.05) is 26.7 Å². The van der Waals surface area contributed by atoms with Crippen LogP contribution in [0, 0.1) is 0 Å². The first-order valence-corrected chi connectivity index (χ1v) is 7.61. The van der Waals surface area contributed by atoms with Gasteiger partial charge in [0.15, 0.2) is 0 Å². The lowest BCUT2D eigenvalue weighted by Crippen LogP contribution is -2.53. The van der Waals surface area contributed by atoms with Gasteiger partial charge in [-0.25, -0.2) is 4.98 Å². The average molecular weight is 282 g/mol. The smallest absolute Gasteiger partial charge is 0.273 e. The zero-order chi connectivity index (χ0) is 14.0. The van der Waals surface area contributed by atoms with E-state index in [2.05, 4.69) is 23.9 Å². The Balaban J connectivity index is 2.06. The first-order valence-electron chi connectivity index (χ1n) is 6.73. The summed E-state index contributed by atoms with van der Waals surface area (Å²) in [6, 6.07) is 0.340. The van der Waals surface area contributed by atoms with Crippen molar-refractivity contribution in [1.29, 1.82) is 0 Å². The van der Waals surface area contributed by atoms with Gasteiger partial charge in [-0.05, 0) is 20.4 Å². The summed E-state index contributed by atoms with van der Waals surface area (Å²) in [5, 5.41) is 2.64. The number of amides is 1. The van der Waals surface area contributed by atoms with Gasteiger partial charge >= 0.3 is 0 Å². The maximum Gasteiger partial charge on any atom is 0.273 e. The number of carbonyl (C=O) groups is 1. The van der Waals surface area contributed by atoms with Crippen LogP contribution in [0.2, 0.25) is 0 Å². The monoisotopic (exact) mass is 282 g/mol. The molecule has 1 fully saturated rings. The Morgan fingerprint density at radius 1 is 1.63 bits per heavy atom. The largest absolute Gasteiger partial charge is 0.334 e. The van der Waals surface area contributed by atoms with E-state index >= 15 is 0 Å². The van der Waals surface area contributed by atoms with Gasteiger partial charge in [0.1, 0.15) is 10.7 Å². The Morgan fingerprint density at radius 2 is 2.37 bits per heavy atom. The SMILES string of the molecule is CCC1CN(C(=O)c2csc(C(C)N)n2)CCN1C. The van der Waals surface area contributed by atoms with Crippen LogP contribution < -0.4 is 5.73 Å². The van der Waals surface area contributed by atoms with Crippen LogP contribution >= 0.6 is 11.3 Å². The number of nitrogens with zero attached hydrogens (tertiary/aromatic N) is 3. The van der Waals surface area contributed by atoms with Crippen LogP contribution in [0.25, 0.3) is 0 Å². The molecule has 0 aromatic carbocycles. The molecule has 0 spiro atoms. The fourth-order valence-electron chi connectivity index (χ4n) is 2.33. The number of likely N-dealkylation sites (N-methyl/N-ethyl adjacent to an activating group) is 1. The maximum atomic E-state index is 12.4. The van der Waals surface area contributed by atoms with E-state index in [9.17, 15) is 4.79 Å². The number of carbonyl (C=O) groups excluding carboxylic acids is 1. The summed E-state index contributed by atoms with van der Waals surface area (Å²) in [6.07, 6.45) is 1.06. The van der Waals surface area contributed by atoms with Crippen LogP contribution in [0.5, 0.6) is 0 Å². The minimum absolute atomic E-state index is 0.0368. The number of aromatic nitrogens is 1. The number of thiazole rings is 1. The van der Waals surface area contributed by atoms with E-state index in [0.717, 1.165) is 31.1 Å². The van der Waals surface area contributed by atoms with Crippen LogP contribution in [0.3, 0.4) is 0 Å². The van der Waals surface area contributed by atoms with Gasteiger partial charge in [-0.2, -0.15) is 0 Å². The molecule has 1 amide bonds. The molecule has 2 heterocycles. The molecule has 6 heteroatoms. The van der Waals surface area contributed by atoms with E-state index in [1.807, 2.05) is 17.2 Å². The maximum absolute atomic E-state index is 12.4. The van der Waals surface area contributed by atoms with Gasteiger partial charge in [-0.15, -0.1) is 11.3 Å². The molecule has 2 rings (SSSR count). The van der Waals surface area contributed by atoms with Crippen molar-refractivity contribution in [3.05, 3.63) is 16.1 Å². The molecule has 1 aliphatic heterocycles. The number of hydrogen-bond acceptors (Lipinski definition) is 5. The molecule has 1 aromatic heterocycles. The lowest BCUT2D eigenvalue weighted by molar-refractivity contribution is 0.0537. The second kappa shape index (κ2) is 5.98. The van der Waals surface area contributed by atoms with Crippen LogP contribution in [0.4, 0.5) is 0 Å². The van der Waals surface area contributed by atoms with Gasteiger partial charge in [0, 0.05) is 31.1 Å². The first-order chi connectivity index (χ1) is 9.02. The summed E-state index contributed by atoms with van der Waals surface area (Å²) in [5.41, 5.74) is 6.32. The lowest BCUT2D eigenvalue weighted by atomic mass is 10.1. The van der Waals surface area contributed by atoms with Gasteiger partial charge < -0.3 is 10.6 Å². The fraction of sp³-hybridized carbons (Fsp3) is 0.692. The van der Waals surface area contributed by atoms with Crippen LogP contribution in [0.15, 0.2) is 5.38 Å². The number of nitrogens with two attached hydrogens (primary N) is 1. The Kier molecular flexibility index (Phi) is 4.54. The summed E-state index contributed by atoms with van der Waals surface area (Å²) in [6.45, 7) is 6.53. The third-order valence-electron chi connectivity index (χ3n) is 3.67. The Bertz CT molecular complexity index is 446. The number of hydrogen-bond donors (Lipinski definition) is 1. The molecule has 0 saturated carbocycles. The van der Waals surface area contributed by atoms with Crippen molar-refractivity contribution in [3.8, 4) is 0 Å². The normalized spacial score (nSPS) is 22.5. The zero-order valence-electron chi connectivity index (χ0n) is 11.8. The average Bonchev–Trinajstić information content (AvgIpc) is 2.88. The Labute approximate surface area is 118 Å². The molecule has 1 aliphatic rings. The molecule has 0 bridgehead atoms. The van der Waals surface area contributed by atoms with Crippen molar-refractivity contribution in [2.24, 2.45) is 5.73 Å². The molecule has 5 nitrogen and oxygen atoms in total. The van der Waals surface area contributed by atoms with E-state index in [-0.39, 0.29) is 11.9 Å².